The maximum Gasteiger partial charge on any atom is 0.258 e. The van der Waals surface area contributed by atoms with Gasteiger partial charge in [-0.25, -0.2) is 0 Å². The van der Waals surface area contributed by atoms with E-state index in [1.807, 2.05) is 0 Å². The quantitative estimate of drug-likeness (QED) is 0.522. The van der Waals surface area contributed by atoms with Crippen LogP contribution in [0.1, 0.15) is 0 Å². The number of hydrogen-bond acceptors (Lipinski definition) is 3. The van der Waals surface area contributed by atoms with Gasteiger partial charge in [-0.1, -0.05) is 34.8 Å². The lowest BCUT2D eigenvalue weighted by atomic mass is 10.7. The standard InChI is InChI=1S/C6H11Cl3O3/c1-10-3-4-12-6(8,9)5(7)11-2/h5H,3-4H2,1-2H3. The molecule has 0 amide bonds. The van der Waals surface area contributed by atoms with Crippen LogP contribution in [0.3, 0.4) is 0 Å². The molecule has 12 heavy (non-hydrogen) atoms. The zero-order valence-corrected chi connectivity index (χ0v) is 9.12. The summed E-state index contributed by atoms with van der Waals surface area (Å²) in [6, 6.07) is 0. The van der Waals surface area contributed by atoms with E-state index in [4.69, 9.17) is 44.3 Å². The molecular weight excluding hydrogens is 226 g/mol. The summed E-state index contributed by atoms with van der Waals surface area (Å²) >= 11 is 16.9. The van der Waals surface area contributed by atoms with Gasteiger partial charge in [-0.15, -0.1) is 0 Å². The third-order valence-corrected chi connectivity index (χ3v) is 2.38. The molecule has 0 N–H and O–H groups in total. The van der Waals surface area contributed by atoms with Gasteiger partial charge in [0, 0.05) is 14.2 Å². The fraction of sp³-hybridized carbons (Fsp3) is 1.00. The van der Waals surface area contributed by atoms with Crippen LogP contribution < -0.4 is 0 Å². The van der Waals surface area contributed by atoms with E-state index >= 15 is 0 Å². The summed E-state index contributed by atoms with van der Waals surface area (Å²) in [6.07, 6.45) is 0. The number of rotatable bonds is 6. The minimum Gasteiger partial charge on any atom is -0.382 e. The lowest BCUT2D eigenvalue weighted by molar-refractivity contribution is -0.0197. The van der Waals surface area contributed by atoms with Crippen molar-refractivity contribution in [3.05, 3.63) is 0 Å². The minimum atomic E-state index is -1.53. The van der Waals surface area contributed by atoms with Crippen LogP contribution >= 0.6 is 34.8 Å². The van der Waals surface area contributed by atoms with Gasteiger partial charge in [0.25, 0.3) is 4.52 Å². The van der Waals surface area contributed by atoms with Crippen molar-refractivity contribution < 1.29 is 14.2 Å². The molecule has 0 bridgehead atoms. The highest BCUT2D eigenvalue weighted by molar-refractivity contribution is 6.50. The van der Waals surface area contributed by atoms with Gasteiger partial charge in [0.1, 0.15) is 0 Å². The summed E-state index contributed by atoms with van der Waals surface area (Å²) in [5, 5.41) is 0. The maximum atomic E-state index is 5.65. The van der Waals surface area contributed by atoms with E-state index in [2.05, 4.69) is 4.74 Å². The van der Waals surface area contributed by atoms with Gasteiger partial charge >= 0.3 is 0 Å². The maximum absolute atomic E-state index is 5.65. The largest absolute Gasteiger partial charge is 0.382 e. The summed E-state index contributed by atoms with van der Waals surface area (Å²) in [7, 11) is 2.93. The highest BCUT2D eigenvalue weighted by atomic mass is 35.5. The lowest BCUT2D eigenvalue weighted by Crippen LogP contribution is -2.32. The molecule has 0 heterocycles. The Balaban J connectivity index is 3.70. The van der Waals surface area contributed by atoms with Crippen LogP contribution in [0.4, 0.5) is 0 Å². The number of hydrogen-bond donors (Lipinski definition) is 0. The Labute approximate surface area is 86.8 Å². The molecule has 1 unspecified atom stereocenters. The third-order valence-electron chi connectivity index (χ3n) is 1.05. The van der Waals surface area contributed by atoms with Crippen LogP contribution in [-0.4, -0.2) is 37.5 Å². The lowest BCUT2D eigenvalue weighted by Gasteiger charge is -2.23. The van der Waals surface area contributed by atoms with Crippen molar-refractivity contribution in [3.8, 4) is 0 Å². The molecular formula is C6H11Cl3O3. The second-order valence-corrected chi connectivity index (χ2v) is 3.67. The third kappa shape index (κ3) is 4.70. The first-order valence-electron chi connectivity index (χ1n) is 3.22. The van der Waals surface area contributed by atoms with E-state index in [9.17, 15) is 0 Å². The van der Waals surface area contributed by atoms with Crippen LogP contribution in [0.25, 0.3) is 0 Å². The second-order valence-electron chi connectivity index (χ2n) is 1.95. The van der Waals surface area contributed by atoms with E-state index in [1.165, 1.54) is 7.11 Å². The van der Waals surface area contributed by atoms with Crippen LogP contribution in [0, 0.1) is 0 Å². The van der Waals surface area contributed by atoms with E-state index in [1.54, 1.807) is 7.11 Å². The normalized spacial score (nSPS) is 14.8. The first-order chi connectivity index (χ1) is 5.54. The molecule has 0 radical (unpaired) electrons. The summed E-state index contributed by atoms with van der Waals surface area (Å²) in [5.74, 6) is 0. The van der Waals surface area contributed by atoms with E-state index in [-0.39, 0.29) is 6.61 Å². The van der Waals surface area contributed by atoms with Crippen molar-refractivity contribution in [2.45, 2.75) is 10.1 Å². The highest BCUT2D eigenvalue weighted by Gasteiger charge is 2.34. The fourth-order valence-electron chi connectivity index (χ4n) is 0.464. The molecule has 0 spiro atoms. The molecule has 0 rings (SSSR count). The zero-order valence-electron chi connectivity index (χ0n) is 6.85. The van der Waals surface area contributed by atoms with Crippen LogP contribution in [0.15, 0.2) is 0 Å². The van der Waals surface area contributed by atoms with E-state index < -0.39 is 10.1 Å². The van der Waals surface area contributed by atoms with Crippen LogP contribution in [-0.2, 0) is 14.2 Å². The zero-order chi connectivity index (χ0) is 9.61. The molecule has 0 saturated heterocycles. The second kappa shape index (κ2) is 6.24. The smallest absolute Gasteiger partial charge is 0.258 e. The monoisotopic (exact) mass is 236 g/mol. The Morgan fingerprint density at radius 3 is 2.25 bits per heavy atom. The first kappa shape index (κ1) is 12.8. The molecule has 0 aliphatic heterocycles. The molecule has 0 aromatic rings. The van der Waals surface area contributed by atoms with E-state index in [0.29, 0.717) is 6.61 Å². The molecule has 0 aliphatic carbocycles. The molecule has 0 saturated carbocycles. The molecule has 0 aromatic heterocycles. The van der Waals surface area contributed by atoms with Crippen molar-refractivity contribution in [2.75, 3.05) is 27.4 Å². The Kier molecular flexibility index (Phi) is 6.63. The van der Waals surface area contributed by atoms with Crippen molar-refractivity contribution in [2.24, 2.45) is 0 Å². The average molecular weight is 238 g/mol. The molecule has 6 heteroatoms. The van der Waals surface area contributed by atoms with Crippen molar-refractivity contribution >= 4 is 34.8 Å². The summed E-state index contributed by atoms with van der Waals surface area (Å²) in [6.45, 7) is 0.657. The molecule has 0 aromatic carbocycles. The molecule has 1 atom stereocenters. The van der Waals surface area contributed by atoms with Gasteiger partial charge in [0.05, 0.1) is 13.2 Å². The predicted molar refractivity (Wildman–Crippen MR) is 48.9 cm³/mol. The molecule has 3 nitrogen and oxygen atoms in total. The van der Waals surface area contributed by atoms with Crippen molar-refractivity contribution in [1.29, 1.82) is 0 Å². The summed E-state index contributed by atoms with van der Waals surface area (Å²) < 4.78 is 12.8. The number of alkyl halides is 3. The van der Waals surface area contributed by atoms with Gasteiger partial charge in [-0.05, 0) is 0 Å². The van der Waals surface area contributed by atoms with Gasteiger partial charge in [-0.2, -0.15) is 0 Å². The SMILES string of the molecule is COCCOC(Cl)(Cl)C(Cl)OC. The number of halogens is 3. The molecule has 74 valence electrons. The number of methoxy groups -OCH3 is 2. The predicted octanol–water partition coefficient (Wildman–Crippen LogP) is 1.99. The Morgan fingerprint density at radius 1 is 1.25 bits per heavy atom. The Morgan fingerprint density at radius 2 is 1.83 bits per heavy atom. The van der Waals surface area contributed by atoms with Crippen molar-refractivity contribution in [3.63, 3.8) is 0 Å². The van der Waals surface area contributed by atoms with E-state index in [0.717, 1.165) is 0 Å². The van der Waals surface area contributed by atoms with Gasteiger partial charge in [0.2, 0.25) is 0 Å². The molecule has 0 fully saturated rings. The summed E-state index contributed by atoms with van der Waals surface area (Å²) in [4.78, 5) is 0. The average Bonchev–Trinajstić information content (AvgIpc) is 2.03. The topological polar surface area (TPSA) is 27.7 Å². The van der Waals surface area contributed by atoms with Gasteiger partial charge < -0.3 is 14.2 Å². The van der Waals surface area contributed by atoms with Crippen LogP contribution in [0.5, 0.6) is 0 Å². The first-order valence-corrected chi connectivity index (χ1v) is 4.41. The summed E-state index contributed by atoms with van der Waals surface area (Å²) in [5.41, 5.74) is -0.905. The van der Waals surface area contributed by atoms with Crippen LogP contribution in [0.2, 0.25) is 0 Å². The highest BCUT2D eigenvalue weighted by Crippen LogP contribution is 2.30. The Hall–Kier alpha value is 0.750. The van der Waals surface area contributed by atoms with Gasteiger partial charge in [-0.3, -0.25) is 0 Å². The van der Waals surface area contributed by atoms with Gasteiger partial charge in [0.15, 0.2) is 5.56 Å². The fourth-order valence-corrected chi connectivity index (χ4v) is 0.859. The Bertz CT molecular complexity index is 121. The van der Waals surface area contributed by atoms with Crippen molar-refractivity contribution in [1.82, 2.24) is 0 Å². The number of ether oxygens (including phenoxy) is 3. The minimum absolute atomic E-state index is 0.260. The molecule has 0 aliphatic rings.